The van der Waals surface area contributed by atoms with Crippen molar-refractivity contribution in [3.8, 4) is 11.5 Å². The molecule has 0 amide bonds. The molecule has 0 bridgehead atoms. The average Bonchev–Trinajstić information content (AvgIpc) is 2.92. The Morgan fingerprint density at radius 2 is 2.32 bits per heavy atom. The van der Waals surface area contributed by atoms with E-state index in [-0.39, 0.29) is 11.8 Å². The van der Waals surface area contributed by atoms with E-state index in [0.29, 0.717) is 0 Å². The normalized spacial score (nSPS) is 12.3. The van der Waals surface area contributed by atoms with Crippen molar-refractivity contribution in [3.63, 3.8) is 0 Å². The summed E-state index contributed by atoms with van der Waals surface area (Å²) >= 11 is 0. The number of ether oxygens (including phenoxy) is 1. The molecule has 19 heavy (non-hydrogen) atoms. The van der Waals surface area contributed by atoms with E-state index in [1.165, 1.54) is 0 Å². The van der Waals surface area contributed by atoms with Crippen molar-refractivity contribution >= 4 is 0 Å². The predicted molar refractivity (Wildman–Crippen MR) is 73.3 cm³/mol. The van der Waals surface area contributed by atoms with Gasteiger partial charge in [0.05, 0.1) is 13.7 Å². The van der Waals surface area contributed by atoms with Crippen molar-refractivity contribution in [2.24, 2.45) is 0 Å². The summed E-state index contributed by atoms with van der Waals surface area (Å²) in [5.74, 6) is 1.02. The minimum absolute atomic E-state index is 0.0469. The first-order chi connectivity index (χ1) is 9.20. The molecular weight excluding hydrogens is 242 g/mol. The Labute approximate surface area is 112 Å². The number of nitrogens with one attached hydrogen (secondary N) is 1. The van der Waals surface area contributed by atoms with Gasteiger partial charge >= 0.3 is 0 Å². The van der Waals surface area contributed by atoms with E-state index >= 15 is 0 Å². The summed E-state index contributed by atoms with van der Waals surface area (Å²) in [6.07, 6.45) is 3.69. The van der Waals surface area contributed by atoms with E-state index in [1.807, 2.05) is 29.9 Å². The molecule has 0 radical (unpaired) electrons. The van der Waals surface area contributed by atoms with Gasteiger partial charge in [0.15, 0.2) is 0 Å². The SMILES string of the molecule is COc1ccc(O)c(C(C)NCCn2cccn2)c1. The van der Waals surface area contributed by atoms with Crippen molar-refractivity contribution in [2.45, 2.75) is 19.5 Å². The third-order valence-corrected chi connectivity index (χ3v) is 3.05. The molecular formula is C14H19N3O2. The molecule has 0 saturated heterocycles. The number of hydrogen-bond donors (Lipinski definition) is 2. The Bertz CT molecular complexity index is 511. The fourth-order valence-corrected chi connectivity index (χ4v) is 1.94. The van der Waals surface area contributed by atoms with Crippen LogP contribution in [0.2, 0.25) is 0 Å². The first-order valence-electron chi connectivity index (χ1n) is 6.28. The number of aromatic hydroxyl groups is 1. The summed E-state index contributed by atoms with van der Waals surface area (Å²) in [5.41, 5.74) is 0.833. The number of rotatable bonds is 6. The molecule has 2 aromatic rings. The third kappa shape index (κ3) is 3.48. The maximum Gasteiger partial charge on any atom is 0.120 e. The Hall–Kier alpha value is -2.01. The van der Waals surface area contributed by atoms with Gasteiger partial charge in [-0.1, -0.05) is 0 Å². The van der Waals surface area contributed by atoms with Gasteiger partial charge in [-0.05, 0) is 31.2 Å². The Morgan fingerprint density at radius 3 is 3.00 bits per heavy atom. The van der Waals surface area contributed by atoms with Crippen LogP contribution in [0.1, 0.15) is 18.5 Å². The lowest BCUT2D eigenvalue weighted by Gasteiger charge is -2.16. The van der Waals surface area contributed by atoms with Crippen LogP contribution in [0.5, 0.6) is 11.5 Å². The van der Waals surface area contributed by atoms with Gasteiger partial charge in [0.1, 0.15) is 11.5 Å². The predicted octanol–water partition coefficient (Wildman–Crippen LogP) is 1.95. The number of benzene rings is 1. The first-order valence-corrected chi connectivity index (χ1v) is 6.28. The quantitative estimate of drug-likeness (QED) is 0.834. The van der Waals surface area contributed by atoms with Crippen LogP contribution in [0.3, 0.4) is 0 Å². The van der Waals surface area contributed by atoms with Crippen molar-refractivity contribution < 1.29 is 9.84 Å². The molecule has 5 heteroatoms. The number of methoxy groups -OCH3 is 1. The number of hydrogen-bond acceptors (Lipinski definition) is 4. The molecule has 1 atom stereocenters. The highest BCUT2D eigenvalue weighted by Gasteiger charge is 2.10. The van der Waals surface area contributed by atoms with Crippen LogP contribution >= 0.6 is 0 Å². The molecule has 0 fully saturated rings. The van der Waals surface area contributed by atoms with E-state index in [1.54, 1.807) is 25.4 Å². The smallest absolute Gasteiger partial charge is 0.120 e. The second-order valence-corrected chi connectivity index (χ2v) is 4.37. The van der Waals surface area contributed by atoms with Gasteiger partial charge in [-0.2, -0.15) is 5.10 Å². The van der Waals surface area contributed by atoms with E-state index in [4.69, 9.17) is 4.74 Å². The summed E-state index contributed by atoms with van der Waals surface area (Å²) in [6, 6.07) is 7.19. The Morgan fingerprint density at radius 1 is 1.47 bits per heavy atom. The Balaban J connectivity index is 1.93. The zero-order valence-corrected chi connectivity index (χ0v) is 11.2. The number of phenols is 1. The van der Waals surface area contributed by atoms with Crippen molar-refractivity contribution in [1.29, 1.82) is 0 Å². The Kier molecular flexibility index (Phi) is 4.41. The van der Waals surface area contributed by atoms with Gasteiger partial charge < -0.3 is 15.2 Å². The van der Waals surface area contributed by atoms with Crippen LogP contribution in [0.15, 0.2) is 36.7 Å². The molecule has 1 aromatic heterocycles. The summed E-state index contributed by atoms with van der Waals surface area (Å²) < 4.78 is 7.04. The molecule has 0 aliphatic carbocycles. The lowest BCUT2D eigenvalue weighted by atomic mass is 10.1. The summed E-state index contributed by atoms with van der Waals surface area (Å²) in [4.78, 5) is 0. The molecule has 0 aliphatic rings. The lowest BCUT2D eigenvalue weighted by Crippen LogP contribution is -2.23. The van der Waals surface area contributed by atoms with Crippen LogP contribution < -0.4 is 10.1 Å². The monoisotopic (exact) mass is 261 g/mol. The minimum Gasteiger partial charge on any atom is -0.508 e. The summed E-state index contributed by atoms with van der Waals surface area (Å²) in [6.45, 7) is 3.58. The molecule has 5 nitrogen and oxygen atoms in total. The molecule has 2 N–H and O–H groups in total. The van der Waals surface area contributed by atoms with Crippen molar-refractivity contribution in [3.05, 3.63) is 42.2 Å². The van der Waals surface area contributed by atoms with E-state index < -0.39 is 0 Å². The second kappa shape index (κ2) is 6.24. The molecule has 1 heterocycles. The number of nitrogens with zero attached hydrogens (tertiary/aromatic N) is 2. The molecule has 2 rings (SSSR count). The third-order valence-electron chi connectivity index (χ3n) is 3.05. The molecule has 0 spiro atoms. The van der Waals surface area contributed by atoms with Gasteiger partial charge in [-0.15, -0.1) is 0 Å². The highest BCUT2D eigenvalue weighted by atomic mass is 16.5. The largest absolute Gasteiger partial charge is 0.508 e. The van der Waals surface area contributed by atoms with Gasteiger partial charge in [-0.3, -0.25) is 4.68 Å². The van der Waals surface area contributed by atoms with Crippen molar-refractivity contribution in [2.75, 3.05) is 13.7 Å². The molecule has 102 valence electrons. The molecule has 1 aromatic carbocycles. The molecule has 1 unspecified atom stereocenters. The summed E-state index contributed by atoms with van der Waals surface area (Å²) in [5, 5.41) is 17.4. The first kappa shape index (κ1) is 13.4. The number of phenolic OH excluding ortho intramolecular Hbond substituents is 1. The second-order valence-electron chi connectivity index (χ2n) is 4.37. The maximum absolute atomic E-state index is 9.87. The van der Waals surface area contributed by atoms with Crippen LogP contribution in [0.4, 0.5) is 0 Å². The molecule has 0 saturated carbocycles. The van der Waals surface area contributed by atoms with Crippen molar-refractivity contribution in [1.82, 2.24) is 15.1 Å². The zero-order chi connectivity index (χ0) is 13.7. The van der Waals surface area contributed by atoms with Gasteiger partial charge in [-0.25, -0.2) is 0 Å². The standard InChI is InChI=1S/C14H19N3O2/c1-11(15-7-9-17-8-3-6-16-17)13-10-12(19-2)4-5-14(13)18/h3-6,8,10-11,15,18H,7,9H2,1-2H3. The fraction of sp³-hybridized carbons (Fsp3) is 0.357. The average molecular weight is 261 g/mol. The highest BCUT2D eigenvalue weighted by Crippen LogP contribution is 2.28. The highest BCUT2D eigenvalue weighted by molar-refractivity contribution is 5.41. The number of aromatic nitrogens is 2. The minimum atomic E-state index is 0.0469. The topological polar surface area (TPSA) is 59.3 Å². The van der Waals surface area contributed by atoms with E-state index in [9.17, 15) is 5.11 Å². The van der Waals surface area contributed by atoms with Gasteiger partial charge in [0, 0.05) is 30.5 Å². The van der Waals surface area contributed by atoms with Crippen LogP contribution in [-0.2, 0) is 6.54 Å². The van der Waals surface area contributed by atoms with Gasteiger partial charge in [0.25, 0.3) is 0 Å². The molecule has 0 aliphatic heterocycles. The zero-order valence-electron chi connectivity index (χ0n) is 11.2. The van der Waals surface area contributed by atoms with Crippen LogP contribution in [0.25, 0.3) is 0 Å². The maximum atomic E-state index is 9.87. The summed E-state index contributed by atoms with van der Waals surface area (Å²) in [7, 11) is 1.62. The van der Waals surface area contributed by atoms with E-state index in [0.717, 1.165) is 24.4 Å². The van der Waals surface area contributed by atoms with Crippen LogP contribution in [0, 0.1) is 0 Å². The fourth-order valence-electron chi connectivity index (χ4n) is 1.94. The van der Waals surface area contributed by atoms with E-state index in [2.05, 4.69) is 10.4 Å². The van der Waals surface area contributed by atoms with Gasteiger partial charge in [0.2, 0.25) is 0 Å². The van der Waals surface area contributed by atoms with Crippen LogP contribution in [-0.4, -0.2) is 28.5 Å². The lowest BCUT2D eigenvalue weighted by molar-refractivity contribution is 0.407.